The summed E-state index contributed by atoms with van der Waals surface area (Å²) >= 11 is 5.09. The summed E-state index contributed by atoms with van der Waals surface area (Å²) in [6, 6.07) is 5.67. The lowest BCUT2D eigenvalue weighted by Gasteiger charge is -2.06. The van der Waals surface area contributed by atoms with E-state index in [4.69, 9.17) is 13.9 Å². The molecule has 0 aliphatic carbocycles. The lowest BCUT2D eigenvalue weighted by Crippen LogP contribution is -2.11. The van der Waals surface area contributed by atoms with E-state index in [0.29, 0.717) is 18.1 Å². The van der Waals surface area contributed by atoms with Crippen molar-refractivity contribution >= 4 is 38.7 Å². The van der Waals surface area contributed by atoms with Crippen molar-refractivity contribution in [1.29, 1.82) is 0 Å². The van der Waals surface area contributed by atoms with Gasteiger partial charge in [0.05, 0.1) is 25.3 Å². The number of halogens is 1. The third-order valence-electron chi connectivity index (χ3n) is 3.48. The zero-order chi connectivity index (χ0) is 16.0. The highest BCUT2D eigenvalue weighted by atomic mass is 79.9. The monoisotopic (exact) mass is 395 g/mol. The van der Waals surface area contributed by atoms with Crippen LogP contribution in [0.5, 0.6) is 11.5 Å². The molecule has 1 N–H and O–H groups in total. The predicted octanol–water partition coefficient (Wildman–Crippen LogP) is 4.03. The number of alkyl halides is 1. The Balaban J connectivity index is 1.79. The number of furan rings is 1. The van der Waals surface area contributed by atoms with Gasteiger partial charge in [0.15, 0.2) is 10.9 Å². The number of fused-ring (bicyclic) bond motifs is 2. The third kappa shape index (κ3) is 2.55. The molecular weight excluding hydrogens is 382 g/mol. The first kappa shape index (κ1) is 14.8. The first-order valence-corrected chi connectivity index (χ1v) is 8.89. The van der Waals surface area contributed by atoms with E-state index in [1.54, 1.807) is 18.9 Å². The molecule has 0 amide bonds. The summed E-state index contributed by atoms with van der Waals surface area (Å²) in [6.45, 7) is 2.53. The minimum atomic E-state index is 0.142. The Kier molecular flexibility index (Phi) is 3.65. The summed E-state index contributed by atoms with van der Waals surface area (Å²) in [6.07, 6.45) is 1.92. The minimum absolute atomic E-state index is 0.142. The van der Waals surface area contributed by atoms with Crippen molar-refractivity contribution in [1.82, 2.24) is 9.66 Å². The van der Waals surface area contributed by atoms with Gasteiger partial charge >= 0.3 is 0 Å². The predicted molar refractivity (Wildman–Crippen MR) is 93.1 cm³/mol. The van der Waals surface area contributed by atoms with E-state index in [2.05, 4.69) is 26.3 Å². The van der Waals surface area contributed by atoms with Crippen LogP contribution in [0.15, 0.2) is 34.0 Å². The van der Waals surface area contributed by atoms with Crippen molar-refractivity contribution in [3.8, 4) is 23.0 Å². The van der Waals surface area contributed by atoms with Crippen LogP contribution in [-0.4, -0.2) is 27.7 Å². The van der Waals surface area contributed by atoms with Crippen LogP contribution < -0.4 is 14.9 Å². The molecule has 3 aromatic rings. The van der Waals surface area contributed by atoms with Crippen molar-refractivity contribution in [2.75, 3.05) is 19.1 Å². The summed E-state index contributed by atoms with van der Waals surface area (Å²) < 4.78 is 19.0. The minimum Gasteiger partial charge on any atom is -0.496 e. The maximum atomic E-state index is 5.96. The van der Waals surface area contributed by atoms with Crippen LogP contribution in [0.1, 0.15) is 6.92 Å². The van der Waals surface area contributed by atoms with Crippen molar-refractivity contribution in [2.45, 2.75) is 16.4 Å². The molecule has 1 unspecified atom stereocenters. The second-order valence-corrected chi connectivity index (χ2v) is 7.52. The molecule has 8 heteroatoms. The molecule has 1 atom stereocenters. The fourth-order valence-electron chi connectivity index (χ4n) is 2.49. The number of rotatable bonds is 4. The molecule has 3 heterocycles. The van der Waals surface area contributed by atoms with E-state index in [0.717, 1.165) is 27.6 Å². The lowest BCUT2D eigenvalue weighted by molar-refractivity contribution is 0.340. The highest BCUT2D eigenvalue weighted by Crippen LogP contribution is 2.38. The number of aromatic nitrogens is 2. The molecule has 0 fully saturated rings. The van der Waals surface area contributed by atoms with Gasteiger partial charge in [-0.25, -0.2) is 9.66 Å². The van der Waals surface area contributed by atoms with Crippen LogP contribution in [-0.2, 0) is 0 Å². The molecule has 0 bridgehead atoms. The molecular formula is C15H14BrN3O3S. The molecule has 0 spiro atoms. The number of benzene rings is 1. The number of hydrogen-bond acceptors (Lipinski definition) is 6. The standard InChI is InChI=1S/C15H14BrN3O3S/c1-3-21-11-4-8(20-2)5-12-9(11)6-13(22-12)10-7-19-15(17-10)23-14(16)18-19/h4-7,14,18H,3H2,1-2H3. The number of methoxy groups -OCH3 is 1. The summed E-state index contributed by atoms with van der Waals surface area (Å²) in [7, 11) is 1.63. The first-order valence-electron chi connectivity index (χ1n) is 7.09. The van der Waals surface area contributed by atoms with Gasteiger partial charge in [-0.15, -0.1) is 0 Å². The Hall–Kier alpha value is -1.80. The van der Waals surface area contributed by atoms with Gasteiger partial charge in [0.2, 0.25) is 0 Å². The normalized spacial score (nSPS) is 16.4. The van der Waals surface area contributed by atoms with Crippen molar-refractivity contribution < 1.29 is 13.9 Å². The van der Waals surface area contributed by atoms with Gasteiger partial charge in [0.1, 0.15) is 27.1 Å². The van der Waals surface area contributed by atoms with Crippen LogP contribution >= 0.6 is 27.7 Å². The zero-order valence-electron chi connectivity index (χ0n) is 12.5. The average Bonchev–Trinajstić information content (AvgIpc) is 3.18. The number of imidazole rings is 1. The Bertz CT molecular complexity index is 853. The summed E-state index contributed by atoms with van der Waals surface area (Å²) in [5.74, 6) is 2.15. The zero-order valence-corrected chi connectivity index (χ0v) is 14.9. The molecule has 120 valence electrons. The maximum Gasteiger partial charge on any atom is 0.190 e. The van der Waals surface area contributed by atoms with Gasteiger partial charge in [-0.3, -0.25) is 5.43 Å². The molecule has 0 saturated heterocycles. The molecule has 1 aliphatic rings. The van der Waals surface area contributed by atoms with Crippen molar-refractivity contribution in [3.63, 3.8) is 0 Å². The van der Waals surface area contributed by atoms with Crippen LogP contribution in [0, 0.1) is 0 Å². The summed E-state index contributed by atoms with van der Waals surface area (Å²) in [5.41, 5.74) is 4.71. The van der Waals surface area contributed by atoms with E-state index in [9.17, 15) is 0 Å². The van der Waals surface area contributed by atoms with E-state index >= 15 is 0 Å². The number of nitrogens with one attached hydrogen (secondary N) is 1. The van der Waals surface area contributed by atoms with Gasteiger partial charge in [-0.2, -0.15) is 0 Å². The molecule has 6 nitrogen and oxygen atoms in total. The van der Waals surface area contributed by atoms with Gasteiger partial charge in [0.25, 0.3) is 0 Å². The summed E-state index contributed by atoms with van der Waals surface area (Å²) in [5, 5.41) is 1.81. The Morgan fingerprint density at radius 2 is 2.30 bits per heavy atom. The number of ether oxygens (including phenoxy) is 2. The quantitative estimate of drug-likeness (QED) is 0.531. The van der Waals surface area contributed by atoms with Gasteiger partial charge in [-0.05, 0) is 24.8 Å². The fraction of sp³-hybridized carbons (Fsp3) is 0.267. The van der Waals surface area contributed by atoms with E-state index < -0.39 is 0 Å². The van der Waals surface area contributed by atoms with Crippen molar-refractivity contribution in [3.05, 3.63) is 24.4 Å². The number of thioether (sulfide) groups is 1. The van der Waals surface area contributed by atoms with Gasteiger partial charge < -0.3 is 13.9 Å². The average molecular weight is 396 g/mol. The first-order chi connectivity index (χ1) is 11.2. The van der Waals surface area contributed by atoms with Crippen LogP contribution in [0.25, 0.3) is 22.4 Å². The number of nitrogens with zero attached hydrogens (tertiary/aromatic N) is 2. The summed E-state index contributed by atoms with van der Waals surface area (Å²) in [4.78, 5) is 4.59. The van der Waals surface area contributed by atoms with Crippen molar-refractivity contribution in [2.24, 2.45) is 0 Å². The largest absolute Gasteiger partial charge is 0.496 e. The van der Waals surface area contributed by atoms with Crippen LogP contribution in [0.2, 0.25) is 0 Å². The molecule has 0 radical (unpaired) electrons. The fourth-order valence-corrected chi connectivity index (χ4v) is 3.93. The maximum absolute atomic E-state index is 5.96. The van der Waals surface area contributed by atoms with Crippen LogP contribution in [0.3, 0.4) is 0 Å². The van der Waals surface area contributed by atoms with Gasteiger partial charge in [0, 0.05) is 12.1 Å². The smallest absolute Gasteiger partial charge is 0.190 e. The highest BCUT2D eigenvalue weighted by Gasteiger charge is 2.23. The Labute approximate surface area is 145 Å². The second-order valence-electron chi connectivity index (χ2n) is 4.92. The van der Waals surface area contributed by atoms with E-state index in [1.807, 2.05) is 36.0 Å². The Morgan fingerprint density at radius 1 is 1.43 bits per heavy atom. The molecule has 1 aliphatic heterocycles. The third-order valence-corrected chi connectivity index (χ3v) is 5.06. The number of hydrogen-bond donors (Lipinski definition) is 1. The molecule has 23 heavy (non-hydrogen) atoms. The molecule has 1 aromatic carbocycles. The van der Waals surface area contributed by atoms with E-state index in [-0.39, 0.29) is 4.28 Å². The molecule has 2 aromatic heterocycles. The highest BCUT2D eigenvalue weighted by molar-refractivity contribution is 9.11. The molecule has 4 rings (SSSR count). The topological polar surface area (TPSA) is 61.5 Å². The van der Waals surface area contributed by atoms with Gasteiger partial charge in [-0.1, -0.05) is 15.9 Å². The van der Waals surface area contributed by atoms with E-state index in [1.165, 1.54) is 0 Å². The SMILES string of the molecule is CCOc1cc(OC)cc2oc(-c3cn4c(n3)SC(Br)N4)cc12. The Morgan fingerprint density at radius 3 is 3.04 bits per heavy atom. The molecule has 0 saturated carbocycles. The van der Waals surface area contributed by atoms with Crippen LogP contribution in [0.4, 0.5) is 0 Å². The second kappa shape index (κ2) is 5.68. The lowest BCUT2D eigenvalue weighted by atomic mass is 10.2.